The zero-order valence-electron chi connectivity index (χ0n) is 14.4. The molecule has 1 heterocycles. The summed E-state index contributed by atoms with van der Waals surface area (Å²) >= 11 is 1.03. The van der Waals surface area contributed by atoms with Gasteiger partial charge >= 0.3 is 0 Å². The highest BCUT2D eigenvalue weighted by Crippen LogP contribution is 2.36. The number of amides is 1. The summed E-state index contributed by atoms with van der Waals surface area (Å²) in [6.45, 7) is 1.57. The number of carbonyl (C=O) groups excluding carboxylic acids is 2. The summed E-state index contributed by atoms with van der Waals surface area (Å²) in [5.74, 6) is -1.33. The monoisotopic (exact) mass is 384 g/mol. The van der Waals surface area contributed by atoms with Crippen LogP contribution >= 0.6 is 11.3 Å². The molecule has 8 heteroatoms. The number of hydrogen-bond donors (Lipinski definition) is 2. The van der Waals surface area contributed by atoms with Gasteiger partial charge in [0.1, 0.15) is 22.6 Å². The van der Waals surface area contributed by atoms with Crippen LogP contribution in [0, 0.1) is 5.82 Å². The van der Waals surface area contributed by atoms with E-state index >= 15 is 0 Å². The summed E-state index contributed by atoms with van der Waals surface area (Å²) in [6.07, 6.45) is 0. The Hall–Kier alpha value is -3.26. The van der Waals surface area contributed by atoms with Crippen LogP contribution in [0.25, 0.3) is 0 Å². The standard InChI is InChI=1S/C19H17FN4O2S/c1-11(18(22)26)24(14-9-5-8-13(20)10-14)19-23-17(21)16(27-19)15(25)12-6-3-2-4-7-12/h2-11H,21H2,1H3,(H2,22,26). The first-order valence-corrected chi connectivity index (χ1v) is 8.90. The summed E-state index contributed by atoms with van der Waals surface area (Å²) in [6, 6.07) is 13.5. The molecule has 1 aromatic heterocycles. The van der Waals surface area contributed by atoms with Crippen molar-refractivity contribution in [3.63, 3.8) is 0 Å². The average molecular weight is 384 g/mol. The molecule has 27 heavy (non-hydrogen) atoms. The topological polar surface area (TPSA) is 102 Å². The number of benzene rings is 2. The second kappa shape index (κ2) is 7.55. The van der Waals surface area contributed by atoms with Gasteiger partial charge < -0.3 is 16.4 Å². The quantitative estimate of drug-likeness (QED) is 0.636. The number of aromatic nitrogens is 1. The maximum atomic E-state index is 13.7. The van der Waals surface area contributed by atoms with Crippen LogP contribution < -0.4 is 16.4 Å². The molecule has 3 rings (SSSR count). The van der Waals surface area contributed by atoms with Crippen molar-refractivity contribution in [1.29, 1.82) is 0 Å². The zero-order chi connectivity index (χ0) is 19.6. The Balaban J connectivity index is 2.06. The minimum absolute atomic E-state index is 0.0435. The van der Waals surface area contributed by atoms with Crippen LogP contribution in [0.2, 0.25) is 0 Å². The number of halogens is 1. The SMILES string of the molecule is CC(C(N)=O)N(c1cccc(F)c1)c1nc(N)c(C(=O)c2ccccc2)s1. The summed E-state index contributed by atoms with van der Waals surface area (Å²) in [7, 11) is 0. The second-order valence-corrected chi connectivity index (χ2v) is 6.81. The minimum Gasteiger partial charge on any atom is -0.382 e. The highest BCUT2D eigenvalue weighted by Gasteiger charge is 2.27. The van der Waals surface area contributed by atoms with Crippen LogP contribution in [0.1, 0.15) is 22.2 Å². The maximum Gasteiger partial charge on any atom is 0.240 e. The number of primary amides is 1. The van der Waals surface area contributed by atoms with Gasteiger partial charge in [-0.1, -0.05) is 47.7 Å². The van der Waals surface area contributed by atoms with Crippen LogP contribution in [0.5, 0.6) is 0 Å². The Morgan fingerprint density at radius 2 is 1.85 bits per heavy atom. The van der Waals surface area contributed by atoms with Crippen molar-refractivity contribution in [1.82, 2.24) is 4.98 Å². The van der Waals surface area contributed by atoms with E-state index in [1.807, 2.05) is 0 Å². The Bertz CT molecular complexity index is 990. The number of nitrogens with two attached hydrogens (primary N) is 2. The van der Waals surface area contributed by atoms with Crippen LogP contribution in [0.15, 0.2) is 54.6 Å². The van der Waals surface area contributed by atoms with E-state index in [0.29, 0.717) is 11.3 Å². The fraction of sp³-hybridized carbons (Fsp3) is 0.105. The van der Waals surface area contributed by atoms with Crippen molar-refractivity contribution in [2.45, 2.75) is 13.0 Å². The normalized spacial score (nSPS) is 11.8. The molecule has 0 saturated carbocycles. The molecule has 4 N–H and O–H groups in total. The van der Waals surface area contributed by atoms with Crippen LogP contribution in [0.4, 0.5) is 21.0 Å². The lowest BCUT2D eigenvalue weighted by Crippen LogP contribution is -2.40. The van der Waals surface area contributed by atoms with Gasteiger partial charge in [0.2, 0.25) is 11.7 Å². The first-order valence-electron chi connectivity index (χ1n) is 8.08. The number of nitrogens with zero attached hydrogens (tertiary/aromatic N) is 2. The van der Waals surface area contributed by atoms with Gasteiger partial charge in [-0.3, -0.25) is 9.59 Å². The molecule has 0 bridgehead atoms. The van der Waals surface area contributed by atoms with E-state index in [1.165, 1.54) is 23.1 Å². The van der Waals surface area contributed by atoms with Crippen molar-refractivity contribution in [2.24, 2.45) is 5.73 Å². The number of hydrogen-bond acceptors (Lipinski definition) is 6. The highest BCUT2D eigenvalue weighted by molar-refractivity contribution is 7.18. The Morgan fingerprint density at radius 3 is 2.48 bits per heavy atom. The number of carbonyl (C=O) groups is 2. The predicted molar refractivity (Wildman–Crippen MR) is 104 cm³/mol. The van der Waals surface area contributed by atoms with E-state index in [2.05, 4.69) is 4.98 Å². The number of rotatable bonds is 6. The fourth-order valence-corrected chi connectivity index (χ4v) is 3.61. The van der Waals surface area contributed by atoms with E-state index in [9.17, 15) is 14.0 Å². The summed E-state index contributed by atoms with van der Waals surface area (Å²) in [4.78, 5) is 30.5. The molecule has 0 aliphatic heterocycles. The molecule has 0 spiro atoms. The van der Waals surface area contributed by atoms with Gasteiger partial charge in [0.15, 0.2) is 5.13 Å². The van der Waals surface area contributed by atoms with Crippen LogP contribution in [-0.4, -0.2) is 22.7 Å². The number of ketones is 1. The van der Waals surface area contributed by atoms with E-state index < -0.39 is 17.8 Å². The van der Waals surface area contributed by atoms with Crippen molar-refractivity contribution >= 4 is 39.7 Å². The van der Waals surface area contributed by atoms with Gasteiger partial charge in [-0.25, -0.2) is 9.37 Å². The molecule has 0 fully saturated rings. The third kappa shape index (κ3) is 3.80. The molecular weight excluding hydrogens is 367 g/mol. The molecule has 0 aliphatic rings. The second-order valence-electron chi connectivity index (χ2n) is 5.83. The molecular formula is C19H17FN4O2S. The predicted octanol–water partition coefficient (Wildman–Crippen LogP) is 3.11. The van der Waals surface area contributed by atoms with E-state index in [-0.39, 0.29) is 21.6 Å². The third-order valence-corrected chi connectivity index (χ3v) is 5.05. The van der Waals surface area contributed by atoms with E-state index in [0.717, 1.165) is 11.3 Å². The van der Waals surface area contributed by atoms with Gasteiger partial charge in [-0.15, -0.1) is 0 Å². The van der Waals surface area contributed by atoms with Crippen molar-refractivity contribution in [3.05, 3.63) is 70.9 Å². The minimum atomic E-state index is -0.822. The van der Waals surface area contributed by atoms with Gasteiger partial charge in [0, 0.05) is 11.3 Å². The molecule has 1 amide bonds. The number of nitrogen functional groups attached to an aromatic ring is 1. The lowest BCUT2D eigenvalue weighted by atomic mass is 10.1. The molecule has 6 nitrogen and oxygen atoms in total. The molecule has 138 valence electrons. The smallest absolute Gasteiger partial charge is 0.240 e. The molecule has 1 unspecified atom stereocenters. The molecule has 0 radical (unpaired) electrons. The summed E-state index contributed by atoms with van der Waals surface area (Å²) in [5, 5.41) is 0.281. The number of anilines is 3. The molecule has 1 atom stereocenters. The van der Waals surface area contributed by atoms with E-state index in [1.54, 1.807) is 43.3 Å². The molecule has 2 aromatic carbocycles. The lowest BCUT2D eigenvalue weighted by molar-refractivity contribution is -0.118. The highest BCUT2D eigenvalue weighted by atomic mass is 32.1. The average Bonchev–Trinajstić information content (AvgIpc) is 3.03. The Kier molecular flexibility index (Phi) is 5.18. The summed E-state index contributed by atoms with van der Waals surface area (Å²) in [5.41, 5.74) is 12.3. The van der Waals surface area contributed by atoms with E-state index in [4.69, 9.17) is 11.5 Å². The molecule has 3 aromatic rings. The van der Waals surface area contributed by atoms with Crippen molar-refractivity contribution in [2.75, 3.05) is 10.6 Å². The van der Waals surface area contributed by atoms with Crippen LogP contribution in [0.3, 0.4) is 0 Å². The largest absolute Gasteiger partial charge is 0.382 e. The summed E-state index contributed by atoms with van der Waals surface area (Å²) < 4.78 is 13.7. The van der Waals surface area contributed by atoms with Gasteiger partial charge in [-0.05, 0) is 25.1 Å². The third-order valence-electron chi connectivity index (χ3n) is 3.98. The maximum absolute atomic E-state index is 13.7. The van der Waals surface area contributed by atoms with Crippen LogP contribution in [-0.2, 0) is 4.79 Å². The number of thiazole rings is 1. The first kappa shape index (κ1) is 18.5. The van der Waals surface area contributed by atoms with Gasteiger partial charge in [0.25, 0.3) is 0 Å². The Labute approximate surface area is 159 Å². The Morgan fingerprint density at radius 1 is 1.15 bits per heavy atom. The fourth-order valence-electron chi connectivity index (χ4n) is 2.56. The van der Waals surface area contributed by atoms with Gasteiger partial charge in [-0.2, -0.15) is 0 Å². The van der Waals surface area contributed by atoms with Crippen molar-refractivity contribution < 1.29 is 14.0 Å². The molecule has 0 saturated heterocycles. The van der Waals surface area contributed by atoms with Gasteiger partial charge in [0.05, 0.1) is 0 Å². The first-order chi connectivity index (χ1) is 12.9. The van der Waals surface area contributed by atoms with Crippen molar-refractivity contribution in [3.8, 4) is 0 Å². The lowest BCUT2D eigenvalue weighted by Gasteiger charge is -2.26. The zero-order valence-corrected chi connectivity index (χ0v) is 15.2. The molecule has 0 aliphatic carbocycles.